The highest BCUT2D eigenvalue weighted by Crippen LogP contribution is 2.51. The summed E-state index contributed by atoms with van der Waals surface area (Å²) in [5.41, 5.74) is 2.88. The largest absolute Gasteiger partial charge is 0.374 e. The average molecular weight is 445 g/mol. The number of hydrogen-bond acceptors (Lipinski definition) is 3. The Kier molecular flexibility index (Phi) is 6.55. The Balaban J connectivity index is 0.987. The minimum atomic E-state index is 0.493. The fourth-order valence-electron chi connectivity index (χ4n) is 7.77. The van der Waals surface area contributed by atoms with Gasteiger partial charge < -0.3 is 15.4 Å². The lowest BCUT2D eigenvalue weighted by molar-refractivity contribution is -0.0646. The normalized spacial score (nSPS) is 36.6. The predicted octanol–water partition coefficient (Wildman–Crippen LogP) is 5.00. The first-order chi connectivity index (χ1) is 16.3. The first-order valence-corrected chi connectivity index (χ1v) is 13.6. The van der Waals surface area contributed by atoms with Crippen molar-refractivity contribution in [3.05, 3.63) is 71.8 Å². The van der Waals surface area contributed by atoms with E-state index in [2.05, 4.69) is 71.3 Å². The van der Waals surface area contributed by atoms with E-state index >= 15 is 0 Å². The van der Waals surface area contributed by atoms with Gasteiger partial charge in [-0.15, -0.1) is 0 Å². The Morgan fingerprint density at radius 2 is 1.06 bits per heavy atom. The zero-order chi connectivity index (χ0) is 22.0. The molecule has 4 unspecified atom stereocenters. The van der Waals surface area contributed by atoms with Gasteiger partial charge >= 0.3 is 0 Å². The second kappa shape index (κ2) is 9.90. The number of fused-ring (bicyclic) bond motifs is 4. The van der Waals surface area contributed by atoms with Crippen LogP contribution in [-0.2, 0) is 17.6 Å². The standard InChI is InChI=1S/C30H40N2O/c1-3-7-21(8-4-1)15-17-31-29-23-11-13-25(29)27(19-23)33-28-20-24-12-14-26(28)30(24)32-18-16-22-9-5-2-6-10-22/h1-10,23-32H,11-20H2/t23?,24?,25-,26-,27-,28-,29?,30?/m1/s1. The summed E-state index contributed by atoms with van der Waals surface area (Å²) in [5.74, 6) is 3.12. The van der Waals surface area contributed by atoms with E-state index in [0.29, 0.717) is 24.3 Å². The van der Waals surface area contributed by atoms with Gasteiger partial charge in [0, 0.05) is 23.9 Å². The summed E-state index contributed by atoms with van der Waals surface area (Å²) in [4.78, 5) is 0. The van der Waals surface area contributed by atoms with Gasteiger partial charge in [0.25, 0.3) is 0 Å². The molecule has 4 aliphatic rings. The molecule has 4 saturated carbocycles. The summed E-state index contributed by atoms with van der Waals surface area (Å²) < 4.78 is 6.95. The van der Waals surface area contributed by atoms with Crippen LogP contribution < -0.4 is 10.6 Å². The van der Waals surface area contributed by atoms with Crippen LogP contribution in [0.5, 0.6) is 0 Å². The Morgan fingerprint density at radius 3 is 1.52 bits per heavy atom. The predicted molar refractivity (Wildman–Crippen MR) is 134 cm³/mol. The third kappa shape index (κ3) is 4.65. The van der Waals surface area contributed by atoms with Gasteiger partial charge in [0.15, 0.2) is 0 Å². The maximum absolute atomic E-state index is 6.95. The van der Waals surface area contributed by atoms with Crippen LogP contribution in [0.4, 0.5) is 0 Å². The van der Waals surface area contributed by atoms with Crippen molar-refractivity contribution in [3.8, 4) is 0 Å². The van der Waals surface area contributed by atoms with Crippen LogP contribution in [0.1, 0.15) is 49.7 Å². The number of benzene rings is 2. The van der Waals surface area contributed by atoms with Gasteiger partial charge in [0.05, 0.1) is 12.2 Å². The zero-order valence-corrected chi connectivity index (χ0v) is 19.9. The lowest BCUT2D eigenvalue weighted by Gasteiger charge is -2.31. The molecule has 0 aliphatic heterocycles. The fraction of sp³-hybridized carbons (Fsp3) is 0.600. The van der Waals surface area contributed by atoms with Gasteiger partial charge in [0.1, 0.15) is 0 Å². The molecule has 3 nitrogen and oxygen atoms in total. The smallest absolute Gasteiger partial charge is 0.0625 e. The van der Waals surface area contributed by atoms with Gasteiger partial charge in [-0.05, 0) is 87.4 Å². The van der Waals surface area contributed by atoms with Gasteiger partial charge in [-0.2, -0.15) is 0 Å². The van der Waals surface area contributed by atoms with E-state index in [1.807, 2.05) is 0 Å². The first-order valence-electron chi connectivity index (χ1n) is 13.6. The Hall–Kier alpha value is -1.68. The van der Waals surface area contributed by atoms with Crippen molar-refractivity contribution in [3.63, 3.8) is 0 Å². The van der Waals surface area contributed by atoms with Crippen molar-refractivity contribution in [1.29, 1.82) is 0 Å². The van der Waals surface area contributed by atoms with Crippen molar-refractivity contribution >= 4 is 0 Å². The van der Waals surface area contributed by atoms with Crippen LogP contribution in [0.25, 0.3) is 0 Å². The van der Waals surface area contributed by atoms with Crippen molar-refractivity contribution in [2.75, 3.05) is 13.1 Å². The molecule has 176 valence electrons. The van der Waals surface area contributed by atoms with Gasteiger partial charge in [0.2, 0.25) is 0 Å². The van der Waals surface area contributed by atoms with E-state index in [1.54, 1.807) is 0 Å². The maximum atomic E-state index is 6.95. The molecule has 8 atom stereocenters. The topological polar surface area (TPSA) is 33.3 Å². The molecule has 4 aliphatic carbocycles. The monoisotopic (exact) mass is 444 g/mol. The molecule has 0 saturated heterocycles. The van der Waals surface area contributed by atoms with E-state index in [4.69, 9.17) is 4.74 Å². The second-order valence-electron chi connectivity index (χ2n) is 11.1. The van der Waals surface area contributed by atoms with Crippen LogP contribution >= 0.6 is 0 Å². The molecule has 33 heavy (non-hydrogen) atoms. The van der Waals surface area contributed by atoms with Crippen LogP contribution in [0, 0.1) is 23.7 Å². The zero-order valence-electron chi connectivity index (χ0n) is 19.9. The van der Waals surface area contributed by atoms with Crippen LogP contribution in [-0.4, -0.2) is 37.4 Å². The Morgan fingerprint density at radius 1 is 0.606 bits per heavy atom. The van der Waals surface area contributed by atoms with Gasteiger partial charge in [-0.25, -0.2) is 0 Å². The summed E-state index contributed by atoms with van der Waals surface area (Å²) in [5, 5.41) is 7.88. The molecule has 3 heteroatoms. The second-order valence-corrected chi connectivity index (χ2v) is 11.1. The third-order valence-electron chi connectivity index (χ3n) is 9.33. The average Bonchev–Trinajstić information content (AvgIpc) is 3.60. The van der Waals surface area contributed by atoms with E-state index in [9.17, 15) is 0 Å². The molecule has 0 aromatic heterocycles. The van der Waals surface area contributed by atoms with Crippen molar-refractivity contribution < 1.29 is 4.74 Å². The summed E-state index contributed by atoms with van der Waals surface area (Å²) in [6.45, 7) is 2.19. The summed E-state index contributed by atoms with van der Waals surface area (Å²) in [7, 11) is 0. The summed E-state index contributed by atoms with van der Waals surface area (Å²) >= 11 is 0. The molecule has 4 bridgehead atoms. The molecule has 0 radical (unpaired) electrons. The highest BCUT2D eigenvalue weighted by atomic mass is 16.5. The number of rotatable bonds is 10. The number of nitrogens with one attached hydrogen (secondary N) is 2. The van der Waals surface area contributed by atoms with Crippen LogP contribution in [0.2, 0.25) is 0 Å². The maximum Gasteiger partial charge on any atom is 0.0625 e. The van der Waals surface area contributed by atoms with Crippen LogP contribution in [0.15, 0.2) is 60.7 Å². The highest BCUT2D eigenvalue weighted by molar-refractivity contribution is 5.16. The van der Waals surface area contributed by atoms with Gasteiger partial charge in [-0.1, -0.05) is 60.7 Å². The van der Waals surface area contributed by atoms with E-state index in [1.165, 1.54) is 49.7 Å². The fourth-order valence-corrected chi connectivity index (χ4v) is 7.77. The Labute approximate surface area is 199 Å². The molecular weight excluding hydrogens is 404 g/mol. The van der Waals surface area contributed by atoms with Crippen molar-refractivity contribution in [1.82, 2.24) is 10.6 Å². The molecule has 0 amide bonds. The Bertz CT molecular complexity index is 813. The molecular formula is C30H40N2O. The summed E-state index contributed by atoms with van der Waals surface area (Å²) in [6, 6.07) is 23.2. The first kappa shape index (κ1) is 21.8. The van der Waals surface area contributed by atoms with Crippen LogP contribution in [0.3, 0.4) is 0 Å². The molecule has 2 aromatic carbocycles. The molecule has 6 rings (SSSR count). The van der Waals surface area contributed by atoms with Crippen molar-refractivity contribution in [2.45, 2.75) is 75.7 Å². The number of hydrogen-bond donors (Lipinski definition) is 2. The van der Waals surface area contributed by atoms with E-state index in [-0.39, 0.29) is 0 Å². The molecule has 4 fully saturated rings. The lowest BCUT2D eigenvalue weighted by atomic mass is 9.94. The summed E-state index contributed by atoms with van der Waals surface area (Å²) in [6.07, 6.45) is 11.3. The third-order valence-corrected chi connectivity index (χ3v) is 9.33. The molecule has 2 N–H and O–H groups in total. The van der Waals surface area contributed by atoms with Gasteiger partial charge in [-0.3, -0.25) is 0 Å². The quantitative estimate of drug-likeness (QED) is 0.541. The van der Waals surface area contributed by atoms with E-state index < -0.39 is 0 Å². The lowest BCUT2D eigenvalue weighted by Crippen LogP contribution is -2.39. The molecule has 0 heterocycles. The minimum absolute atomic E-state index is 0.493. The molecule has 2 aromatic rings. The number of ether oxygens (including phenoxy) is 1. The highest BCUT2D eigenvalue weighted by Gasteiger charge is 2.53. The van der Waals surface area contributed by atoms with Crippen molar-refractivity contribution in [2.24, 2.45) is 23.7 Å². The minimum Gasteiger partial charge on any atom is -0.374 e. The van der Waals surface area contributed by atoms with E-state index in [0.717, 1.165) is 49.6 Å². The SMILES string of the molecule is c1ccc(CCNC2C3CC[C@@H]2[C@H](O[C@@H]2CC4CC[C@H]2C4NCCc2ccccc2)C3)cc1. The molecule has 0 spiro atoms.